The summed E-state index contributed by atoms with van der Waals surface area (Å²) in [4.78, 5) is 16.5. The number of ether oxygens (including phenoxy) is 2. The highest BCUT2D eigenvalue weighted by Gasteiger charge is 2.51. The largest absolute Gasteiger partial charge is 0.465 e. The van der Waals surface area contributed by atoms with Gasteiger partial charge >= 0.3 is 5.97 Å². The van der Waals surface area contributed by atoms with Crippen LogP contribution >= 0.6 is 0 Å². The molecule has 2 heterocycles. The lowest BCUT2D eigenvalue weighted by Crippen LogP contribution is -2.44. The molecule has 1 aromatic heterocycles. The highest BCUT2D eigenvalue weighted by Crippen LogP contribution is 2.44. The van der Waals surface area contributed by atoms with Gasteiger partial charge in [0.2, 0.25) is 5.89 Å². The van der Waals surface area contributed by atoms with Crippen LogP contribution in [0.15, 0.2) is 4.52 Å². The molecule has 0 N–H and O–H groups in total. The molecule has 0 spiro atoms. The van der Waals surface area contributed by atoms with Gasteiger partial charge in [0.1, 0.15) is 5.41 Å². The molecule has 1 aliphatic carbocycles. The molecule has 0 amide bonds. The van der Waals surface area contributed by atoms with E-state index in [0.717, 1.165) is 38.7 Å². The first kappa shape index (κ1) is 13.5. The molecule has 1 atom stereocenters. The maximum absolute atomic E-state index is 12.1. The number of aromatic nitrogens is 2. The Bertz CT molecular complexity index is 475. The van der Waals surface area contributed by atoms with Gasteiger partial charge in [-0.1, -0.05) is 11.6 Å². The van der Waals surface area contributed by atoms with Gasteiger partial charge in [-0.25, -0.2) is 0 Å². The summed E-state index contributed by atoms with van der Waals surface area (Å²) in [5.41, 5.74) is -0.697. The van der Waals surface area contributed by atoms with Crippen molar-refractivity contribution < 1.29 is 18.8 Å². The second-order valence-electron chi connectivity index (χ2n) is 5.51. The Morgan fingerprint density at radius 1 is 1.45 bits per heavy atom. The molecule has 1 saturated heterocycles. The van der Waals surface area contributed by atoms with Crippen LogP contribution in [0.1, 0.15) is 50.7 Å². The van der Waals surface area contributed by atoms with E-state index in [1.54, 1.807) is 6.92 Å². The van der Waals surface area contributed by atoms with E-state index < -0.39 is 5.41 Å². The number of hydrogen-bond donors (Lipinski definition) is 0. The van der Waals surface area contributed by atoms with Gasteiger partial charge in [-0.15, -0.1) is 0 Å². The maximum atomic E-state index is 12.1. The van der Waals surface area contributed by atoms with Crippen molar-refractivity contribution in [1.29, 1.82) is 0 Å². The van der Waals surface area contributed by atoms with Crippen molar-refractivity contribution >= 4 is 5.97 Å². The van der Waals surface area contributed by atoms with E-state index in [4.69, 9.17) is 14.0 Å². The smallest absolute Gasteiger partial charge is 0.321 e. The van der Waals surface area contributed by atoms with E-state index in [-0.39, 0.29) is 12.1 Å². The highest BCUT2D eigenvalue weighted by molar-refractivity contribution is 5.82. The summed E-state index contributed by atoms with van der Waals surface area (Å²) in [7, 11) is 0. The monoisotopic (exact) mass is 280 g/mol. The second-order valence-corrected chi connectivity index (χ2v) is 5.51. The molecular weight excluding hydrogens is 260 g/mol. The zero-order valence-electron chi connectivity index (χ0n) is 11.8. The first-order valence-electron chi connectivity index (χ1n) is 7.36. The first-order chi connectivity index (χ1) is 9.74. The Hall–Kier alpha value is -1.43. The lowest BCUT2D eigenvalue weighted by atomic mass is 9.68. The maximum Gasteiger partial charge on any atom is 0.321 e. The average molecular weight is 280 g/mol. The van der Waals surface area contributed by atoms with E-state index in [0.29, 0.717) is 24.7 Å². The van der Waals surface area contributed by atoms with Crippen LogP contribution in [0.2, 0.25) is 0 Å². The van der Waals surface area contributed by atoms with Crippen LogP contribution in [0.3, 0.4) is 0 Å². The van der Waals surface area contributed by atoms with Gasteiger partial charge in [0.25, 0.3) is 0 Å². The van der Waals surface area contributed by atoms with Crippen LogP contribution in [-0.4, -0.2) is 35.4 Å². The summed E-state index contributed by atoms with van der Waals surface area (Å²) in [5.74, 6) is 0.802. The normalized spacial score (nSPS) is 24.4. The van der Waals surface area contributed by atoms with Crippen molar-refractivity contribution in [2.24, 2.45) is 0 Å². The van der Waals surface area contributed by atoms with E-state index in [1.807, 2.05) is 0 Å². The van der Waals surface area contributed by atoms with Crippen LogP contribution in [0.5, 0.6) is 0 Å². The van der Waals surface area contributed by atoms with Crippen LogP contribution in [0.4, 0.5) is 0 Å². The van der Waals surface area contributed by atoms with Gasteiger partial charge in [-0.05, 0) is 32.6 Å². The van der Waals surface area contributed by atoms with E-state index >= 15 is 0 Å². The van der Waals surface area contributed by atoms with Gasteiger partial charge in [0, 0.05) is 13.0 Å². The zero-order chi connectivity index (χ0) is 14.0. The highest BCUT2D eigenvalue weighted by atomic mass is 16.5. The number of carbonyl (C=O) groups excluding carboxylic acids is 1. The first-order valence-corrected chi connectivity index (χ1v) is 7.36. The molecule has 1 unspecified atom stereocenters. The SMILES string of the molecule is CCOC(=O)C1(c2nc(CC3CCCO3)no2)CCC1. The fraction of sp³-hybridized carbons (Fsp3) is 0.786. The van der Waals surface area contributed by atoms with Crippen molar-refractivity contribution in [2.45, 2.75) is 57.0 Å². The Kier molecular flexibility index (Phi) is 3.74. The quantitative estimate of drug-likeness (QED) is 0.765. The molecule has 6 heteroatoms. The Balaban J connectivity index is 1.72. The molecule has 3 rings (SSSR count). The average Bonchev–Trinajstić information content (AvgIpc) is 3.01. The van der Waals surface area contributed by atoms with Crippen molar-refractivity contribution in [1.82, 2.24) is 10.1 Å². The van der Waals surface area contributed by atoms with E-state index in [2.05, 4.69) is 10.1 Å². The van der Waals surface area contributed by atoms with Crippen LogP contribution in [0.25, 0.3) is 0 Å². The number of nitrogens with zero attached hydrogens (tertiary/aromatic N) is 2. The van der Waals surface area contributed by atoms with Crippen LogP contribution in [0, 0.1) is 0 Å². The second kappa shape index (κ2) is 5.52. The molecule has 0 aromatic carbocycles. The number of hydrogen-bond acceptors (Lipinski definition) is 6. The fourth-order valence-corrected chi connectivity index (χ4v) is 2.85. The molecule has 0 bridgehead atoms. The third-order valence-electron chi connectivity index (χ3n) is 4.18. The van der Waals surface area contributed by atoms with Crippen LogP contribution < -0.4 is 0 Å². The molecule has 1 aromatic rings. The van der Waals surface area contributed by atoms with Crippen molar-refractivity contribution in [3.05, 3.63) is 11.7 Å². The van der Waals surface area contributed by atoms with Gasteiger partial charge in [-0.2, -0.15) is 4.98 Å². The predicted molar refractivity (Wildman–Crippen MR) is 69.1 cm³/mol. The lowest BCUT2D eigenvalue weighted by molar-refractivity contribution is -0.155. The Morgan fingerprint density at radius 2 is 2.30 bits per heavy atom. The van der Waals surface area contributed by atoms with Gasteiger partial charge < -0.3 is 14.0 Å². The minimum absolute atomic E-state index is 0.181. The summed E-state index contributed by atoms with van der Waals surface area (Å²) in [5, 5.41) is 4.00. The van der Waals surface area contributed by atoms with E-state index in [1.165, 1.54) is 0 Å². The molecule has 0 radical (unpaired) electrons. The Morgan fingerprint density at radius 3 is 2.90 bits per heavy atom. The predicted octanol–water partition coefficient (Wildman–Crippen LogP) is 1.78. The van der Waals surface area contributed by atoms with Gasteiger partial charge in [-0.3, -0.25) is 4.79 Å². The Labute approximate surface area is 117 Å². The summed E-state index contributed by atoms with van der Waals surface area (Å²) in [6.07, 6.45) is 5.40. The zero-order valence-corrected chi connectivity index (χ0v) is 11.8. The van der Waals surface area contributed by atoms with E-state index in [9.17, 15) is 4.79 Å². The molecule has 2 fully saturated rings. The molecule has 20 heavy (non-hydrogen) atoms. The standard InChI is InChI=1S/C14H20N2O4/c1-2-18-13(17)14(6-4-7-14)12-15-11(16-20-12)9-10-5-3-8-19-10/h10H,2-9H2,1H3. The van der Waals surface area contributed by atoms with Crippen molar-refractivity contribution in [3.63, 3.8) is 0 Å². The lowest BCUT2D eigenvalue weighted by Gasteiger charge is -2.35. The molecule has 6 nitrogen and oxygen atoms in total. The fourth-order valence-electron chi connectivity index (χ4n) is 2.85. The number of carbonyl (C=O) groups is 1. The third-order valence-corrected chi connectivity index (χ3v) is 4.18. The molecular formula is C14H20N2O4. The molecule has 1 saturated carbocycles. The summed E-state index contributed by atoms with van der Waals surface area (Å²) in [6.45, 7) is 2.99. The van der Waals surface area contributed by atoms with Crippen molar-refractivity contribution in [2.75, 3.05) is 13.2 Å². The van der Waals surface area contributed by atoms with Gasteiger partial charge in [0.05, 0.1) is 12.7 Å². The van der Waals surface area contributed by atoms with Crippen LogP contribution in [-0.2, 0) is 26.1 Å². The number of esters is 1. The summed E-state index contributed by atoms with van der Waals surface area (Å²) >= 11 is 0. The van der Waals surface area contributed by atoms with Crippen molar-refractivity contribution in [3.8, 4) is 0 Å². The molecule has 2 aliphatic rings. The summed E-state index contributed by atoms with van der Waals surface area (Å²) < 4.78 is 16.1. The summed E-state index contributed by atoms with van der Waals surface area (Å²) in [6, 6.07) is 0. The minimum Gasteiger partial charge on any atom is -0.465 e. The third kappa shape index (κ3) is 2.32. The minimum atomic E-state index is -0.697. The van der Waals surface area contributed by atoms with Gasteiger partial charge in [0.15, 0.2) is 5.82 Å². The molecule has 110 valence electrons. The number of rotatable bonds is 5. The topological polar surface area (TPSA) is 74.5 Å². The molecule has 1 aliphatic heterocycles.